The zero-order valence-corrected chi connectivity index (χ0v) is 9.86. The quantitative estimate of drug-likeness (QED) is 0.625. The van der Waals surface area contributed by atoms with Gasteiger partial charge >= 0.3 is 0 Å². The summed E-state index contributed by atoms with van der Waals surface area (Å²) in [6.07, 6.45) is 3.63. The van der Waals surface area contributed by atoms with Crippen molar-refractivity contribution in [1.82, 2.24) is 14.8 Å². The van der Waals surface area contributed by atoms with Gasteiger partial charge in [-0.3, -0.25) is 0 Å². The van der Waals surface area contributed by atoms with E-state index in [9.17, 15) is 8.42 Å². The number of hydrogen-bond acceptors (Lipinski definition) is 3. The van der Waals surface area contributed by atoms with Crippen molar-refractivity contribution in [2.24, 2.45) is 0 Å². The Bertz CT molecular complexity index is 318. The monoisotopic (exact) mass is 233 g/mol. The molecule has 88 valence electrons. The Hall–Kier alpha value is -0.170. The fourth-order valence-electron chi connectivity index (χ4n) is 1.86. The molecular weight excluding hydrogens is 214 g/mol. The molecular formula is C9H19N3O2S. The van der Waals surface area contributed by atoms with Crippen LogP contribution in [-0.2, 0) is 10.2 Å². The molecule has 2 fully saturated rings. The Labute approximate surface area is 91.2 Å². The molecule has 3 N–H and O–H groups in total. The van der Waals surface area contributed by atoms with Gasteiger partial charge in [-0.25, -0.2) is 0 Å². The molecule has 1 aliphatic carbocycles. The molecule has 1 aliphatic heterocycles. The predicted molar refractivity (Wildman–Crippen MR) is 58.7 cm³/mol. The molecule has 0 aromatic carbocycles. The predicted octanol–water partition coefficient (Wildman–Crippen LogP) is -0.285. The third-order valence-corrected chi connectivity index (χ3v) is 4.39. The Kier molecular flexibility index (Phi) is 3.03. The SMILES string of the molecule is CC1(NS(=O)(=O)NC2CC2)CCNCC1. The van der Waals surface area contributed by atoms with Gasteiger partial charge in [-0.05, 0) is 45.7 Å². The van der Waals surface area contributed by atoms with Crippen LogP contribution in [0.2, 0.25) is 0 Å². The lowest BCUT2D eigenvalue weighted by Gasteiger charge is -2.34. The molecule has 0 aromatic rings. The van der Waals surface area contributed by atoms with E-state index in [4.69, 9.17) is 0 Å². The van der Waals surface area contributed by atoms with Crippen molar-refractivity contribution in [2.45, 2.75) is 44.2 Å². The van der Waals surface area contributed by atoms with E-state index in [0.717, 1.165) is 38.8 Å². The molecule has 0 radical (unpaired) electrons. The molecule has 0 amide bonds. The first-order chi connectivity index (χ1) is 6.99. The van der Waals surface area contributed by atoms with Crippen molar-refractivity contribution < 1.29 is 8.42 Å². The second-order valence-electron chi connectivity index (χ2n) is 4.81. The van der Waals surface area contributed by atoms with Crippen molar-refractivity contribution in [3.8, 4) is 0 Å². The van der Waals surface area contributed by atoms with E-state index < -0.39 is 10.2 Å². The van der Waals surface area contributed by atoms with Crippen LogP contribution in [0.15, 0.2) is 0 Å². The topological polar surface area (TPSA) is 70.2 Å². The maximum atomic E-state index is 11.7. The summed E-state index contributed by atoms with van der Waals surface area (Å²) in [5.74, 6) is 0. The minimum absolute atomic E-state index is 0.174. The molecule has 2 aliphatic rings. The van der Waals surface area contributed by atoms with E-state index in [0.29, 0.717) is 0 Å². The lowest BCUT2D eigenvalue weighted by atomic mass is 9.92. The molecule has 2 rings (SSSR count). The smallest absolute Gasteiger partial charge is 0.277 e. The molecule has 0 atom stereocenters. The summed E-state index contributed by atoms with van der Waals surface area (Å²) in [4.78, 5) is 0. The van der Waals surface area contributed by atoms with Crippen LogP contribution in [0.25, 0.3) is 0 Å². The van der Waals surface area contributed by atoms with Crippen LogP contribution in [0, 0.1) is 0 Å². The van der Waals surface area contributed by atoms with Gasteiger partial charge in [0.15, 0.2) is 0 Å². The van der Waals surface area contributed by atoms with Gasteiger partial charge in [0.05, 0.1) is 0 Å². The minimum atomic E-state index is -3.30. The highest BCUT2D eigenvalue weighted by atomic mass is 32.2. The first kappa shape index (κ1) is 11.3. The van der Waals surface area contributed by atoms with Gasteiger partial charge < -0.3 is 5.32 Å². The van der Waals surface area contributed by atoms with Gasteiger partial charge in [-0.1, -0.05) is 0 Å². The van der Waals surface area contributed by atoms with Gasteiger partial charge in [0.25, 0.3) is 10.2 Å². The Morgan fingerprint density at radius 2 is 1.87 bits per heavy atom. The molecule has 0 spiro atoms. The molecule has 5 nitrogen and oxygen atoms in total. The van der Waals surface area contributed by atoms with Crippen LogP contribution < -0.4 is 14.8 Å². The molecule has 6 heteroatoms. The second-order valence-corrected chi connectivity index (χ2v) is 6.25. The average Bonchev–Trinajstić information content (AvgIpc) is 2.86. The number of hydrogen-bond donors (Lipinski definition) is 3. The maximum Gasteiger partial charge on any atom is 0.277 e. The van der Waals surface area contributed by atoms with Gasteiger partial charge in [0.1, 0.15) is 0 Å². The fourth-order valence-corrected chi connectivity index (χ4v) is 3.44. The van der Waals surface area contributed by atoms with Crippen molar-refractivity contribution >= 4 is 10.2 Å². The fraction of sp³-hybridized carbons (Fsp3) is 1.00. The molecule has 1 saturated heterocycles. The van der Waals surface area contributed by atoms with Crippen LogP contribution in [0.5, 0.6) is 0 Å². The molecule has 15 heavy (non-hydrogen) atoms. The van der Waals surface area contributed by atoms with Crippen molar-refractivity contribution in [3.05, 3.63) is 0 Å². The highest BCUT2D eigenvalue weighted by Gasteiger charge is 2.34. The summed E-state index contributed by atoms with van der Waals surface area (Å²) in [5.41, 5.74) is -0.286. The Morgan fingerprint density at radius 1 is 1.27 bits per heavy atom. The van der Waals surface area contributed by atoms with Crippen molar-refractivity contribution in [1.29, 1.82) is 0 Å². The maximum absolute atomic E-state index is 11.7. The summed E-state index contributed by atoms with van der Waals surface area (Å²) in [7, 11) is -3.30. The number of rotatable bonds is 4. The van der Waals surface area contributed by atoms with Crippen LogP contribution in [0.1, 0.15) is 32.6 Å². The number of nitrogens with one attached hydrogen (secondary N) is 3. The molecule has 0 unspecified atom stereocenters. The van der Waals surface area contributed by atoms with Crippen LogP contribution in [0.4, 0.5) is 0 Å². The summed E-state index contributed by atoms with van der Waals surface area (Å²) in [6, 6.07) is 0.174. The van der Waals surface area contributed by atoms with E-state index in [2.05, 4.69) is 14.8 Å². The number of piperidine rings is 1. The van der Waals surface area contributed by atoms with Gasteiger partial charge in [0.2, 0.25) is 0 Å². The highest BCUT2D eigenvalue weighted by Crippen LogP contribution is 2.22. The van der Waals surface area contributed by atoms with Crippen LogP contribution in [0.3, 0.4) is 0 Å². The van der Waals surface area contributed by atoms with E-state index in [1.807, 2.05) is 6.92 Å². The molecule has 1 heterocycles. The summed E-state index contributed by atoms with van der Waals surface area (Å²) in [6.45, 7) is 3.73. The van der Waals surface area contributed by atoms with Crippen molar-refractivity contribution in [2.75, 3.05) is 13.1 Å². The standard InChI is InChI=1S/C9H19N3O2S/c1-9(4-6-10-7-5-9)12-15(13,14)11-8-2-3-8/h8,10-12H,2-7H2,1H3. The lowest BCUT2D eigenvalue weighted by Crippen LogP contribution is -2.55. The minimum Gasteiger partial charge on any atom is -0.317 e. The molecule has 0 bridgehead atoms. The first-order valence-electron chi connectivity index (χ1n) is 5.51. The zero-order chi connectivity index (χ0) is 10.9. The van der Waals surface area contributed by atoms with E-state index in [1.54, 1.807) is 0 Å². The van der Waals surface area contributed by atoms with E-state index in [-0.39, 0.29) is 11.6 Å². The molecule has 1 saturated carbocycles. The van der Waals surface area contributed by atoms with E-state index in [1.165, 1.54) is 0 Å². The third kappa shape index (κ3) is 3.41. The first-order valence-corrected chi connectivity index (χ1v) is 6.99. The second kappa shape index (κ2) is 4.01. The van der Waals surface area contributed by atoms with Gasteiger partial charge in [-0.2, -0.15) is 17.9 Å². The normalized spacial score (nSPS) is 26.5. The van der Waals surface area contributed by atoms with Gasteiger partial charge in [-0.15, -0.1) is 0 Å². The molecule has 0 aromatic heterocycles. The Balaban J connectivity index is 1.93. The summed E-state index contributed by atoms with van der Waals surface area (Å²) >= 11 is 0. The summed E-state index contributed by atoms with van der Waals surface area (Å²) < 4.78 is 28.8. The zero-order valence-electron chi connectivity index (χ0n) is 9.04. The van der Waals surface area contributed by atoms with Crippen molar-refractivity contribution in [3.63, 3.8) is 0 Å². The van der Waals surface area contributed by atoms with E-state index >= 15 is 0 Å². The van der Waals surface area contributed by atoms with Crippen LogP contribution >= 0.6 is 0 Å². The largest absolute Gasteiger partial charge is 0.317 e. The van der Waals surface area contributed by atoms with Crippen LogP contribution in [-0.4, -0.2) is 33.1 Å². The summed E-state index contributed by atoms with van der Waals surface area (Å²) in [5, 5.41) is 3.22. The highest BCUT2D eigenvalue weighted by molar-refractivity contribution is 7.87. The van der Waals surface area contributed by atoms with Gasteiger partial charge in [0, 0.05) is 11.6 Å². The Morgan fingerprint density at radius 3 is 2.40 bits per heavy atom. The lowest BCUT2D eigenvalue weighted by molar-refractivity contribution is 0.306. The third-order valence-electron chi connectivity index (χ3n) is 2.99. The average molecular weight is 233 g/mol.